The van der Waals surface area contributed by atoms with E-state index in [0.717, 1.165) is 12.8 Å². The molecule has 0 heterocycles. The van der Waals surface area contributed by atoms with Crippen LogP contribution in [-0.2, 0) is 10.0 Å². The third kappa shape index (κ3) is 7.00. The minimum Gasteiger partial charge on any atom is -0.338 e. The van der Waals surface area contributed by atoms with Gasteiger partial charge in [-0.15, -0.1) is 0 Å². The van der Waals surface area contributed by atoms with Crippen molar-refractivity contribution in [1.29, 1.82) is 0 Å². The smallest absolute Gasteiger partial charge is 0.319 e. The molecule has 1 aromatic rings. The zero-order chi connectivity index (χ0) is 17.5. The summed E-state index contributed by atoms with van der Waals surface area (Å²) in [5.74, 6) is 0.365. The summed E-state index contributed by atoms with van der Waals surface area (Å²) in [4.78, 5) is 11.9. The summed E-state index contributed by atoms with van der Waals surface area (Å²) in [5.41, 5.74) is 0.548. The molecule has 6 nitrogen and oxygen atoms in total. The van der Waals surface area contributed by atoms with Gasteiger partial charge in [-0.1, -0.05) is 27.2 Å². The van der Waals surface area contributed by atoms with Gasteiger partial charge in [-0.05, 0) is 43.5 Å². The molecule has 0 saturated carbocycles. The maximum Gasteiger partial charge on any atom is 0.319 e. The molecule has 2 amide bonds. The minimum atomic E-state index is -3.53. The van der Waals surface area contributed by atoms with E-state index in [0.29, 0.717) is 18.2 Å². The van der Waals surface area contributed by atoms with Gasteiger partial charge in [0, 0.05) is 18.3 Å². The fourth-order valence-corrected chi connectivity index (χ4v) is 3.29. The second-order valence-corrected chi connectivity index (χ2v) is 7.78. The lowest BCUT2D eigenvalue weighted by atomic mass is 10.2. The summed E-state index contributed by atoms with van der Waals surface area (Å²) in [6.45, 7) is 8.45. The fraction of sp³-hybridized carbons (Fsp3) is 0.562. The molecular formula is C16H27N3O3S. The van der Waals surface area contributed by atoms with Crippen LogP contribution < -0.4 is 15.4 Å². The Bertz CT molecular complexity index is 598. The van der Waals surface area contributed by atoms with Gasteiger partial charge in [0.25, 0.3) is 0 Å². The molecule has 1 atom stereocenters. The Hall–Kier alpha value is -1.60. The van der Waals surface area contributed by atoms with E-state index in [1.807, 2.05) is 27.7 Å². The lowest BCUT2D eigenvalue weighted by Gasteiger charge is -2.14. The molecule has 0 saturated heterocycles. The van der Waals surface area contributed by atoms with Crippen molar-refractivity contribution >= 4 is 21.7 Å². The van der Waals surface area contributed by atoms with Gasteiger partial charge >= 0.3 is 6.03 Å². The average molecular weight is 341 g/mol. The fourth-order valence-electron chi connectivity index (χ4n) is 2.01. The molecule has 1 aromatic carbocycles. The summed E-state index contributed by atoms with van der Waals surface area (Å²) in [7, 11) is -3.53. The highest BCUT2D eigenvalue weighted by Crippen LogP contribution is 2.15. The summed E-state index contributed by atoms with van der Waals surface area (Å²) < 4.78 is 27.1. The number of hydrogen-bond acceptors (Lipinski definition) is 3. The molecule has 0 fully saturated rings. The van der Waals surface area contributed by atoms with Gasteiger partial charge < -0.3 is 10.6 Å². The third-order valence-electron chi connectivity index (χ3n) is 3.17. The van der Waals surface area contributed by atoms with Crippen molar-refractivity contribution in [2.24, 2.45) is 5.92 Å². The van der Waals surface area contributed by atoms with Crippen molar-refractivity contribution in [2.75, 3.05) is 11.9 Å². The van der Waals surface area contributed by atoms with Crippen LogP contribution in [0.4, 0.5) is 10.5 Å². The Kier molecular flexibility index (Phi) is 7.51. The number of sulfonamides is 1. The molecule has 23 heavy (non-hydrogen) atoms. The second kappa shape index (κ2) is 8.88. The van der Waals surface area contributed by atoms with Crippen molar-refractivity contribution in [3.05, 3.63) is 24.3 Å². The molecule has 0 bridgehead atoms. The van der Waals surface area contributed by atoms with Gasteiger partial charge in [-0.2, -0.15) is 0 Å². The molecule has 0 unspecified atom stereocenters. The van der Waals surface area contributed by atoms with Gasteiger partial charge in [0.1, 0.15) is 0 Å². The largest absolute Gasteiger partial charge is 0.338 e. The third-order valence-corrected chi connectivity index (χ3v) is 4.78. The van der Waals surface area contributed by atoms with Gasteiger partial charge in [-0.3, -0.25) is 0 Å². The predicted molar refractivity (Wildman–Crippen MR) is 93.0 cm³/mol. The molecule has 130 valence electrons. The average Bonchev–Trinajstić information content (AvgIpc) is 2.45. The van der Waals surface area contributed by atoms with E-state index >= 15 is 0 Å². The molecule has 1 rings (SSSR count). The zero-order valence-corrected chi connectivity index (χ0v) is 15.0. The van der Waals surface area contributed by atoms with Crippen LogP contribution >= 0.6 is 0 Å². The molecule has 0 aromatic heterocycles. The minimum absolute atomic E-state index is 0.107. The highest BCUT2D eigenvalue weighted by molar-refractivity contribution is 7.89. The molecule has 7 heteroatoms. The van der Waals surface area contributed by atoms with Crippen molar-refractivity contribution < 1.29 is 13.2 Å². The Balaban J connectivity index is 2.67. The maximum absolute atomic E-state index is 12.2. The highest BCUT2D eigenvalue weighted by Gasteiger charge is 2.16. The van der Waals surface area contributed by atoms with Crippen LogP contribution in [-0.4, -0.2) is 27.0 Å². The van der Waals surface area contributed by atoms with Crippen molar-refractivity contribution in [1.82, 2.24) is 10.0 Å². The van der Waals surface area contributed by atoms with Crippen LogP contribution in [0, 0.1) is 5.92 Å². The highest BCUT2D eigenvalue weighted by atomic mass is 32.2. The first-order chi connectivity index (χ1) is 10.7. The van der Waals surface area contributed by atoms with Gasteiger partial charge in [0.05, 0.1) is 4.90 Å². The van der Waals surface area contributed by atoms with E-state index in [4.69, 9.17) is 0 Å². The van der Waals surface area contributed by atoms with Gasteiger partial charge in [-0.25, -0.2) is 17.9 Å². The summed E-state index contributed by atoms with van der Waals surface area (Å²) in [5, 5.41) is 5.41. The first kappa shape index (κ1) is 19.4. The van der Waals surface area contributed by atoms with Crippen LogP contribution in [0.5, 0.6) is 0 Å². The summed E-state index contributed by atoms with van der Waals surface area (Å²) >= 11 is 0. The lowest BCUT2D eigenvalue weighted by molar-refractivity contribution is 0.251. The maximum atomic E-state index is 12.2. The second-order valence-electron chi connectivity index (χ2n) is 6.06. The molecule has 0 aliphatic carbocycles. The summed E-state index contributed by atoms with van der Waals surface area (Å²) in [6, 6.07) is 5.72. The number of urea groups is 1. The number of hydrogen-bond donors (Lipinski definition) is 3. The van der Waals surface area contributed by atoms with Crippen LogP contribution in [0.3, 0.4) is 0 Å². The molecule has 0 aliphatic rings. The predicted octanol–water partition coefficient (Wildman–Crippen LogP) is 2.93. The van der Waals surface area contributed by atoms with Crippen LogP contribution in [0.15, 0.2) is 29.2 Å². The molecule has 3 N–H and O–H groups in total. The molecule has 0 radical (unpaired) electrons. The number of carbonyl (C=O) groups is 1. The van der Waals surface area contributed by atoms with Crippen LogP contribution in [0.2, 0.25) is 0 Å². The van der Waals surface area contributed by atoms with E-state index in [1.165, 1.54) is 12.1 Å². The Labute approximate surface area is 139 Å². The molecule has 0 aliphatic heterocycles. The summed E-state index contributed by atoms with van der Waals surface area (Å²) in [6.07, 6.45) is 1.70. The number of nitrogens with one attached hydrogen (secondary N) is 3. The van der Waals surface area contributed by atoms with Crippen molar-refractivity contribution in [2.45, 2.75) is 51.5 Å². The molecule has 0 spiro atoms. The van der Waals surface area contributed by atoms with E-state index in [1.54, 1.807) is 12.1 Å². The van der Waals surface area contributed by atoms with Crippen molar-refractivity contribution in [3.63, 3.8) is 0 Å². The molecular weight excluding hydrogens is 314 g/mol. The number of carbonyl (C=O) groups excluding carboxylic acids is 1. The number of rotatable bonds is 8. The number of amides is 2. The first-order valence-corrected chi connectivity index (χ1v) is 9.40. The SMILES string of the molecule is CCC[C@@H](C)NS(=O)(=O)c1ccc(NC(=O)NCC(C)C)cc1. The quantitative estimate of drug-likeness (QED) is 0.679. The van der Waals surface area contributed by atoms with E-state index in [-0.39, 0.29) is 17.0 Å². The van der Waals surface area contributed by atoms with Crippen molar-refractivity contribution in [3.8, 4) is 0 Å². The Morgan fingerprint density at radius 2 is 1.74 bits per heavy atom. The first-order valence-electron chi connectivity index (χ1n) is 7.91. The van der Waals surface area contributed by atoms with Crippen LogP contribution in [0.25, 0.3) is 0 Å². The standard InChI is InChI=1S/C16H27N3O3S/c1-5-6-13(4)19-23(21,22)15-9-7-14(8-10-15)18-16(20)17-11-12(2)3/h7-10,12-13,19H,5-6,11H2,1-4H3,(H2,17,18,20)/t13-/m1/s1. The van der Waals surface area contributed by atoms with Crippen LogP contribution in [0.1, 0.15) is 40.5 Å². The zero-order valence-electron chi connectivity index (χ0n) is 14.2. The van der Waals surface area contributed by atoms with E-state index in [2.05, 4.69) is 15.4 Å². The number of benzene rings is 1. The van der Waals surface area contributed by atoms with Gasteiger partial charge in [0.2, 0.25) is 10.0 Å². The van der Waals surface area contributed by atoms with E-state index < -0.39 is 10.0 Å². The Morgan fingerprint density at radius 1 is 1.13 bits per heavy atom. The topological polar surface area (TPSA) is 87.3 Å². The van der Waals surface area contributed by atoms with E-state index in [9.17, 15) is 13.2 Å². The van der Waals surface area contributed by atoms with Gasteiger partial charge in [0.15, 0.2) is 0 Å². The monoisotopic (exact) mass is 341 g/mol. The normalized spacial score (nSPS) is 12.9. The Morgan fingerprint density at radius 3 is 2.26 bits per heavy atom. The lowest BCUT2D eigenvalue weighted by Crippen LogP contribution is -2.32. The number of anilines is 1.